The van der Waals surface area contributed by atoms with Gasteiger partial charge in [0.15, 0.2) is 0 Å². The predicted molar refractivity (Wildman–Crippen MR) is 95.3 cm³/mol. The Labute approximate surface area is 148 Å². The number of fused-ring (bicyclic) bond motifs is 2. The molecular formula is C21H22N2O2. The first-order chi connectivity index (χ1) is 12.0. The number of hydrogen-bond donors (Lipinski definition) is 0. The summed E-state index contributed by atoms with van der Waals surface area (Å²) in [5.74, 6) is 0.128. The minimum atomic E-state index is -0.381. The molecule has 2 heterocycles. The summed E-state index contributed by atoms with van der Waals surface area (Å²) >= 11 is 0. The lowest BCUT2D eigenvalue weighted by molar-refractivity contribution is -0.151. The first-order valence-electron chi connectivity index (χ1n) is 8.69. The van der Waals surface area contributed by atoms with E-state index in [2.05, 4.69) is 0 Å². The highest BCUT2D eigenvalue weighted by Gasteiger charge is 2.66. The van der Waals surface area contributed by atoms with Gasteiger partial charge in [-0.2, -0.15) is 0 Å². The van der Waals surface area contributed by atoms with Crippen LogP contribution in [0, 0.1) is 5.41 Å². The highest BCUT2D eigenvalue weighted by Crippen LogP contribution is 2.48. The smallest absolute Gasteiger partial charge is 0.247 e. The van der Waals surface area contributed by atoms with E-state index in [1.54, 1.807) is 9.80 Å². The molecule has 0 N–H and O–H groups in total. The van der Waals surface area contributed by atoms with Gasteiger partial charge >= 0.3 is 0 Å². The number of carbonyl (C=O) groups excluding carboxylic acids is 2. The lowest BCUT2D eigenvalue weighted by Crippen LogP contribution is -2.52. The monoisotopic (exact) mass is 334 g/mol. The molecule has 2 saturated heterocycles. The molecule has 0 spiro atoms. The van der Waals surface area contributed by atoms with Gasteiger partial charge in [-0.25, -0.2) is 0 Å². The highest BCUT2D eigenvalue weighted by molar-refractivity contribution is 6.03. The summed E-state index contributed by atoms with van der Waals surface area (Å²) in [6, 6.07) is 19.0. The van der Waals surface area contributed by atoms with Crippen LogP contribution in [0.3, 0.4) is 0 Å². The van der Waals surface area contributed by atoms with Crippen molar-refractivity contribution in [2.45, 2.75) is 39.0 Å². The van der Waals surface area contributed by atoms with Crippen LogP contribution >= 0.6 is 0 Å². The summed E-state index contributed by atoms with van der Waals surface area (Å²) in [5, 5.41) is 0. The topological polar surface area (TPSA) is 40.6 Å². The van der Waals surface area contributed by atoms with E-state index in [0.29, 0.717) is 13.1 Å². The van der Waals surface area contributed by atoms with E-state index in [4.69, 9.17) is 0 Å². The second kappa shape index (κ2) is 5.73. The van der Waals surface area contributed by atoms with Crippen LogP contribution in [0.4, 0.5) is 0 Å². The molecule has 2 aliphatic rings. The zero-order valence-corrected chi connectivity index (χ0v) is 14.6. The third kappa shape index (κ3) is 2.44. The molecule has 2 unspecified atom stereocenters. The Morgan fingerprint density at radius 1 is 0.720 bits per heavy atom. The van der Waals surface area contributed by atoms with Crippen molar-refractivity contribution >= 4 is 11.8 Å². The van der Waals surface area contributed by atoms with Crippen LogP contribution in [-0.2, 0) is 22.7 Å². The van der Waals surface area contributed by atoms with E-state index in [9.17, 15) is 9.59 Å². The number of likely N-dealkylation sites (tertiary alicyclic amines) is 2. The summed E-state index contributed by atoms with van der Waals surface area (Å²) < 4.78 is 0. The SMILES string of the molecule is CC1(C)C2C(=O)N(Cc3ccccc3)C1C(=O)N2Cc1ccccc1. The van der Waals surface area contributed by atoms with E-state index in [-0.39, 0.29) is 29.3 Å². The van der Waals surface area contributed by atoms with Gasteiger partial charge in [-0.05, 0) is 11.1 Å². The van der Waals surface area contributed by atoms with Crippen molar-refractivity contribution in [3.63, 3.8) is 0 Å². The number of carbonyl (C=O) groups is 2. The Bertz CT molecular complexity index is 734. The van der Waals surface area contributed by atoms with Gasteiger partial charge in [0.25, 0.3) is 0 Å². The first kappa shape index (κ1) is 15.9. The molecule has 0 aromatic heterocycles. The fourth-order valence-electron chi connectivity index (χ4n) is 4.32. The molecule has 2 atom stereocenters. The maximum atomic E-state index is 13.1. The van der Waals surface area contributed by atoms with Crippen LogP contribution in [0.1, 0.15) is 25.0 Å². The number of rotatable bonds is 4. The largest absolute Gasteiger partial charge is 0.324 e. The van der Waals surface area contributed by atoms with Crippen molar-refractivity contribution < 1.29 is 9.59 Å². The second-order valence-corrected chi connectivity index (χ2v) is 7.53. The van der Waals surface area contributed by atoms with Gasteiger partial charge in [-0.15, -0.1) is 0 Å². The van der Waals surface area contributed by atoms with E-state index in [1.165, 1.54) is 0 Å². The van der Waals surface area contributed by atoms with Crippen LogP contribution in [0.2, 0.25) is 0 Å². The lowest BCUT2D eigenvalue weighted by atomic mass is 9.84. The predicted octanol–water partition coefficient (Wildman–Crippen LogP) is 2.83. The molecule has 2 aliphatic heterocycles. The average Bonchev–Trinajstić information content (AvgIpc) is 2.91. The van der Waals surface area contributed by atoms with Gasteiger partial charge < -0.3 is 9.80 Å². The summed E-state index contributed by atoms with van der Waals surface area (Å²) in [6.45, 7) is 5.06. The molecule has 0 saturated carbocycles. The Morgan fingerprint density at radius 3 is 1.44 bits per heavy atom. The van der Waals surface area contributed by atoms with Crippen LogP contribution in [0.25, 0.3) is 0 Å². The Balaban J connectivity index is 1.62. The number of amides is 2. The van der Waals surface area contributed by atoms with Crippen molar-refractivity contribution in [2.75, 3.05) is 0 Å². The Morgan fingerprint density at radius 2 is 1.08 bits per heavy atom. The number of piperazine rings is 1. The molecule has 2 fully saturated rings. The lowest BCUT2D eigenvalue weighted by Gasteiger charge is -2.33. The Kier molecular flexibility index (Phi) is 3.64. The van der Waals surface area contributed by atoms with Crippen LogP contribution in [0.5, 0.6) is 0 Å². The van der Waals surface area contributed by atoms with Gasteiger partial charge in [0.1, 0.15) is 12.1 Å². The molecular weight excluding hydrogens is 312 g/mol. The van der Waals surface area contributed by atoms with E-state index >= 15 is 0 Å². The molecule has 2 aromatic carbocycles. The standard InChI is InChI=1S/C21H22N2O2/c1-21(2)17-20(25)23(14-16-11-7-4-8-12-16)18(21)19(24)22(17)13-15-9-5-3-6-10-15/h3-12,17-18H,13-14H2,1-2H3. The molecule has 2 bridgehead atoms. The van der Waals surface area contributed by atoms with E-state index < -0.39 is 0 Å². The van der Waals surface area contributed by atoms with Crippen molar-refractivity contribution in [1.82, 2.24) is 9.80 Å². The maximum Gasteiger partial charge on any atom is 0.247 e. The molecule has 25 heavy (non-hydrogen) atoms. The van der Waals surface area contributed by atoms with E-state index in [0.717, 1.165) is 11.1 Å². The zero-order valence-electron chi connectivity index (χ0n) is 14.6. The average molecular weight is 334 g/mol. The zero-order chi connectivity index (χ0) is 17.6. The van der Waals surface area contributed by atoms with Crippen molar-refractivity contribution in [3.05, 3.63) is 71.8 Å². The van der Waals surface area contributed by atoms with Gasteiger partial charge in [-0.3, -0.25) is 9.59 Å². The third-order valence-electron chi connectivity index (χ3n) is 5.46. The van der Waals surface area contributed by atoms with Crippen LogP contribution in [-0.4, -0.2) is 33.7 Å². The van der Waals surface area contributed by atoms with Gasteiger partial charge in [0.2, 0.25) is 11.8 Å². The number of nitrogens with zero attached hydrogens (tertiary/aromatic N) is 2. The van der Waals surface area contributed by atoms with Crippen molar-refractivity contribution in [2.24, 2.45) is 5.41 Å². The van der Waals surface area contributed by atoms with Crippen LogP contribution < -0.4 is 0 Å². The quantitative estimate of drug-likeness (QED) is 0.863. The third-order valence-corrected chi connectivity index (χ3v) is 5.46. The first-order valence-corrected chi connectivity index (χ1v) is 8.69. The molecule has 2 amide bonds. The van der Waals surface area contributed by atoms with Gasteiger partial charge in [0, 0.05) is 18.5 Å². The summed E-state index contributed by atoms with van der Waals surface area (Å²) in [5.41, 5.74) is 1.74. The summed E-state index contributed by atoms with van der Waals surface area (Å²) in [6.07, 6.45) is 0. The van der Waals surface area contributed by atoms with Crippen LogP contribution in [0.15, 0.2) is 60.7 Å². The Hall–Kier alpha value is -2.62. The molecule has 128 valence electrons. The molecule has 4 nitrogen and oxygen atoms in total. The number of benzene rings is 2. The molecule has 4 rings (SSSR count). The highest BCUT2D eigenvalue weighted by atomic mass is 16.2. The fraction of sp³-hybridized carbons (Fsp3) is 0.333. The summed E-state index contributed by atoms with van der Waals surface area (Å²) in [7, 11) is 0. The summed E-state index contributed by atoms with van der Waals surface area (Å²) in [4.78, 5) is 29.7. The minimum Gasteiger partial charge on any atom is -0.324 e. The fourth-order valence-corrected chi connectivity index (χ4v) is 4.32. The second-order valence-electron chi connectivity index (χ2n) is 7.53. The van der Waals surface area contributed by atoms with Gasteiger partial charge in [-0.1, -0.05) is 74.5 Å². The van der Waals surface area contributed by atoms with Crippen molar-refractivity contribution in [1.29, 1.82) is 0 Å². The molecule has 2 aromatic rings. The normalized spacial score (nSPS) is 24.2. The minimum absolute atomic E-state index is 0.0642. The molecule has 0 radical (unpaired) electrons. The molecule has 0 aliphatic carbocycles. The maximum absolute atomic E-state index is 13.1. The van der Waals surface area contributed by atoms with Crippen molar-refractivity contribution in [3.8, 4) is 0 Å². The van der Waals surface area contributed by atoms with E-state index in [1.807, 2.05) is 74.5 Å². The van der Waals surface area contributed by atoms with Gasteiger partial charge in [0.05, 0.1) is 0 Å². The molecule has 4 heteroatoms. The number of hydrogen-bond acceptors (Lipinski definition) is 2.